The molecule has 0 saturated heterocycles. The molecule has 3 aromatic rings. The largest absolute Gasteiger partial charge is 0.497 e. The zero-order chi connectivity index (χ0) is 20.6. The quantitative estimate of drug-likeness (QED) is 0.690. The van der Waals surface area contributed by atoms with Crippen LogP contribution in [0.4, 0.5) is 5.69 Å². The van der Waals surface area contributed by atoms with E-state index in [2.05, 4.69) is 10.3 Å². The summed E-state index contributed by atoms with van der Waals surface area (Å²) >= 11 is 0. The number of imidazole rings is 1. The predicted octanol–water partition coefficient (Wildman–Crippen LogP) is 2.61. The summed E-state index contributed by atoms with van der Waals surface area (Å²) in [5.41, 5.74) is 1.61. The Morgan fingerprint density at radius 1 is 1.07 bits per heavy atom. The van der Waals surface area contributed by atoms with E-state index < -0.39 is 15.7 Å². The lowest BCUT2D eigenvalue weighted by Gasteiger charge is -2.10. The summed E-state index contributed by atoms with van der Waals surface area (Å²) in [7, 11) is -0.454. The SMILES string of the molecule is COc1cccc(NC(=O)c2c(-c3cccc(OC)c3)nc3n2CCS3(=O)=O)c1. The van der Waals surface area contributed by atoms with Gasteiger partial charge < -0.3 is 19.4 Å². The number of sulfone groups is 1. The van der Waals surface area contributed by atoms with Gasteiger partial charge in [0.1, 0.15) is 22.9 Å². The molecule has 0 saturated carbocycles. The zero-order valence-electron chi connectivity index (χ0n) is 15.9. The number of rotatable bonds is 5. The molecule has 4 rings (SSSR count). The lowest BCUT2D eigenvalue weighted by atomic mass is 10.1. The Balaban J connectivity index is 1.81. The Morgan fingerprint density at radius 2 is 1.76 bits per heavy atom. The third-order valence-electron chi connectivity index (χ3n) is 4.68. The lowest BCUT2D eigenvalue weighted by molar-refractivity contribution is 0.101. The van der Waals surface area contributed by atoms with Crippen LogP contribution in [0.5, 0.6) is 11.5 Å². The normalized spacial score (nSPS) is 14.3. The zero-order valence-corrected chi connectivity index (χ0v) is 16.7. The smallest absolute Gasteiger partial charge is 0.274 e. The molecule has 1 aromatic heterocycles. The first kappa shape index (κ1) is 19.0. The average Bonchev–Trinajstić information content (AvgIpc) is 3.25. The van der Waals surface area contributed by atoms with Gasteiger partial charge >= 0.3 is 0 Å². The minimum absolute atomic E-state index is 0.0762. The molecule has 29 heavy (non-hydrogen) atoms. The first-order valence-corrected chi connectivity index (χ1v) is 10.5. The van der Waals surface area contributed by atoms with E-state index in [4.69, 9.17) is 9.47 Å². The van der Waals surface area contributed by atoms with Crippen molar-refractivity contribution in [1.29, 1.82) is 0 Å². The fourth-order valence-electron chi connectivity index (χ4n) is 3.27. The fraction of sp³-hybridized carbons (Fsp3) is 0.200. The topological polar surface area (TPSA) is 99.5 Å². The van der Waals surface area contributed by atoms with Gasteiger partial charge in [0.2, 0.25) is 15.0 Å². The standard InChI is InChI=1S/C20H19N3O5S/c1-27-15-7-3-5-13(11-15)17-18(23-9-10-29(25,26)20(23)22-17)19(24)21-14-6-4-8-16(12-14)28-2/h3-8,11-12H,9-10H2,1-2H3,(H,21,24). The van der Waals surface area contributed by atoms with E-state index in [0.717, 1.165) is 0 Å². The molecule has 1 amide bonds. The molecule has 1 aliphatic rings. The monoisotopic (exact) mass is 413 g/mol. The van der Waals surface area contributed by atoms with Crippen molar-refractivity contribution in [3.8, 4) is 22.8 Å². The molecule has 1 N–H and O–H groups in total. The van der Waals surface area contributed by atoms with E-state index in [0.29, 0.717) is 28.4 Å². The maximum atomic E-state index is 13.2. The third kappa shape index (κ3) is 3.44. The van der Waals surface area contributed by atoms with Crippen molar-refractivity contribution in [3.63, 3.8) is 0 Å². The van der Waals surface area contributed by atoms with Crippen LogP contribution in [0.15, 0.2) is 53.7 Å². The van der Waals surface area contributed by atoms with E-state index in [-0.39, 0.29) is 23.1 Å². The summed E-state index contributed by atoms with van der Waals surface area (Å²) in [4.78, 5) is 17.5. The minimum Gasteiger partial charge on any atom is -0.497 e. The Bertz CT molecular complexity index is 1200. The highest BCUT2D eigenvalue weighted by molar-refractivity contribution is 7.91. The molecule has 0 aliphatic carbocycles. The van der Waals surface area contributed by atoms with Gasteiger partial charge in [0.05, 0.1) is 20.0 Å². The summed E-state index contributed by atoms with van der Waals surface area (Å²) in [6, 6.07) is 13.9. The van der Waals surface area contributed by atoms with E-state index in [1.807, 2.05) is 0 Å². The number of methoxy groups -OCH3 is 2. The number of benzene rings is 2. The number of amides is 1. The Hall–Kier alpha value is -3.33. The molecule has 1 aliphatic heterocycles. The highest BCUT2D eigenvalue weighted by atomic mass is 32.2. The van der Waals surface area contributed by atoms with Crippen LogP contribution in [0.25, 0.3) is 11.3 Å². The van der Waals surface area contributed by atoms with Crippen LogP contribution in [0.1, 0.15) is 10.5 Å². The molecule has 2 heterocycles. The second kappa shape index (κ2) is 7.25. The highest BCUT2D eigenvalue weighted by Crippen LogP contribution is 2.32. The molecular formula is C20H19N3O5S. The third-order valence-corrected chi connectivity index (χ3v) is 6.27. The first-order valence-electron chi connectivity index (χ1n) is 8.86. The van der Waals surface area contributed by atoms with Crippen LogP contribution < -0.4 is 14.8 Å². The molecule has 8 nitrogen and oxygen atoms in total. The molecule has 150 valence electrons. The number of fused-ring (bicyclic) bond motifs is 1. The fourth-order valence-corrected chi connectivity index (χ4v) is 4.63. The number of anilines is 1. The number of hydrogen-bond donors (Lipinski definition) is 1. The molecule has 0 bridgehead atoms. The summed E-state index contributed by atoms with van der Waals surface area (Å²) in [6.45, 7) is 0.176. The Morgan fingerprint density at radius 3 is 2.48 bits per heavy atom. The number of nitrogens with one attached hydrogen (secondary N) is 1. The van der Waals surface area contributed by atoms with Crippen molar-refractivity contribution < 1.29 is 22.7 Å². The van der Waals surface area contributed by atoms with Crippen LogP contribution in [-0.4, -0.2) is 43.8 Å². The van der Waals surface area contributed by atoms with E-state index in [9.17, 15) is 13.2 Å². The maximum Gasteiger partial charge on any atom is 0.274 e. The van der Waals surface area contributed by atoms with Crippen molar-refractivity contribution in [2.45, 2.75) is 11.7 Å². The van der Waals surface area contributed by atoms with Gasteiger partial charge in [0.25, 0.3) is 5.91 Å². The number of aromatic nitrogens is 2. The molecule has 2 aromatic carbocycles. The van der Waals surface area contributed by atoms with Gasteiger partial charge in [-0.15, -0.1) is 0 Å². The predicted molar refractivity (Wildman–Crippen MR) is 107 cm³/mol. The molecular weight excluding hydrogens is 394 g/mol. The molecule has 0 unspecified atom stereocenters. The number of ether oxygens (including phenoxy) is 2. The minimum atomic E-state index is -3.53. The summed E-state index contributed by atoms with van der Waals surface area (Å²) in [5, 5.41) is 2.72. The van der Waals surface area contributed by atoms with E-state index in [1.165, 1.54) is 18.8 Å². The van der Waals surface area contributed by atoms with Crippen molar-refractivity contribution in [2.24, 2.45) is 0 Å². The van der Waals surface area contributed by atoms with Crippen LogP contribution in [-0.2, 0) is 16.4 Å². The second-order valence-corrected chi connectivity index (χ2v) is 8.48. The van der Waals surface area contributed by atoms with Gasteiger partial charge in [-0.05, 0) is 24.3 Å². The van der Waals surface area contributed by atoms with E-state index in [1.54, 1.807) is 48.5 Å². The van der Waals surface area contributed by atoms with Crippen LogP contribution in [0.2, 0.25) is 0 Å². The van der Waals surface area contributed by atoms with Gasteiger partial charge in [0.15, 0.2) is 0 Å². The van der Waals surface area contributed by atoms with Crippen LogP contribution >= 0.6 is 0 Å². The number of nitrogens with zero attached hydrogens (tertiary/aromatic N) is 2. The van der Waals surface area contributed by atoms with Crippen LogP contribution in [0.3, 0.4) is 0 Å². The second-order valence-electron chi connectivity index (χ2n) is 6.48. The van der Waals surface area contributed by atoms with Crippen molar-refractivity contribution in [3.05, 3.63) is 54.2 Å². The van der Waals surface area contributed by atoms with Crippen molar-refractivity contribution in [1.82, 2.24) is 9.55 Å². The van der Waals surface area contributed by atoms with Gasteiger partial charge in [-0.2, -0.15) is 0 Å². The summed E-state index contributed by atoms with van der Waals surface area (Å²) in [5.74, 6) is 0.647. The number of hydrogen-bond acceptors (Lipinski definition) is 6. The van der Waals surface area contributed by atoms with Gasteiger partial charge in [0, 0.05) is 23.9 Å². The molecule has 0 radical (unpaired) electrons. The van der Waals surface area contributed by atoms with Crippen molar-refractivity contribution >= 4 is 21.4 Å². The Kier molecular flexibility index (Phi) is 4.75. The average molecular weight is 413 g/mol. The lowest BCUT2D eigenvalue weighted by Crippen LogP contribution is -2.18. The Labute approximate surface area is 168 Å². The highest BCUT2D eigenvalue weighted by Gasteiger charge is 2.35. The van der Waals surface area contributed by atoms with Gasteiger partial charge in [-0.1, -0.05) is 18.2 Å². The maximum absolute atomic E-state index is 13.2. The van der Waals surface area contributed by atoms with Gasteiger partial charge in [-0.3, -0.25) is 4.79 Å². The summed E-state index contributed by atoms with van der Waals surface area (Å²) < 4.78 is 36.7. The molecule has 9 heteroatoms. The first-order chi connectivity index (χ1) is 13.9. The molecule has 0 atom stereocenters. The van der Waals surface area contributed by atoms with E-state index >= 15 is 0 Å². The van der Waals surface area contributed by atoms with Crippen molar-refractivity contribution in [2.75, 3.05) is 25.3 Å². The number of carbonyl (C=O) groups is 1. The van der Waals surface area contributed by atoms with Gasteiger partial charge in [-0.25, -0.2) is 13.4 Å². The number of carbonyl (C=O) groups excluding carboxylic acids is 1. The summed E-state index contributed by atoms with van der Waals surface area (Å²) in [6.07, 6.45) is 0. The molecule has 0 spiro atoms. The van der Waals surface area contributed by atoms with Crippen LogP contribution in [0, 0.1) is 0 Å². The molecule has 0 fully saturated rings.